The highest BCUT2D eigenvalue weighted by Crippen LogP contribution is 2.31. The number of benzene rings is 1. The van der Waals surface area contributed by atoms with Gasteiger partial charge in [0.1, 0.15) is 6.10 Å². The van der Waals surface area contributed by atoms with Gasteiger partial charge >= 0.3 is 0 Å². The summed E-state index contributed by atoms with van der Waals surface area (Å²) in [7, 11) is 2.10. The van der Waals surface area contributed by atoms with Gasteiger partial charge in [-0.2, -0.15) is 0 Å². The van der Waals surface area contributed by atoms with Gasteiger partial charge in [0.2, 0.25) is 0 Å². The molecule has 1 unspecified atom stereocenters. The van der Waals surface area contributed by atoms with Crippen LogP contribution in [0.15, 0.2) is 36.7 Å². The Kier molecular flexibility index (Phi) is 2.99. The van der Waals surface area contributed by atoms with Gasteiger partial charge in [0.25, 0.3) is 0 Å². The molecule has 0 saturated heterocycles. The Morgan fingerprint density at radius 2 is 2.05 bits per heavy atom. The number of aromatic nitrogens is 1. The van der Waals surface area contributed by atoms with E-state index in [4.69, 9.17) is 0 Å². The van der Waals surface area contributed by atoms with Crippen molar-refractivity contribution in [2.45, 2.75) is 19.4 Å². The number of aryl methyl sites for hydroxylation is 1. The number of anilines is 1. The number of fused-ring (bicyclic) bond motifs is 1. The number of aliphatic hydroxyl groups excluding tert-OH is 1. The van der Waals surface area contributed by atoms with Crippen molar-refractivity contribution < 1.29 is 5.11 Å². The summed E-state index contributed by atoms with van der Waals surface area (Å²) >= 11 is 0. The second-order valence-corrected chi connectivity index (χ2v) is 5.26. The third-order valence-electron chi connectivity index (χ3n) is 3.76. The highest BCUT2D eigenvalue weighted by molar-refractivity contribution is 5.59. The molecule has 1 N–H and O–H groups in total. The van der Waals surface area contributed by atoms with Crippen LogP contribution in [0.1, 0.15) is 28.4 Å². The molecule has 3 nitrogen and oxygen atoms in total. The van der Waals surface area contributed by atoms with E-state index in [0.717, 1.165) is 29.7 Å². The summed E-state index contributed by atoms with van der Waals surface area (Å²) in [5.74, 6) is 0. The van der Waals surface area contributed by atoms with Crippen molar-refractivity contribution >= 4 is 5.69 Å². The average Bonchev–Trinajstić information content (AvgIpc) is 2.79. The lowest BCUT2D eigenvalue weighted by atomic mass is 9.99. The van der Waals surface area contributed by atoms with Gasteiger partial charge in [-0.05, 0) is 36.1 Å². The van der Waals surface area contributed by atoms with Crippen LogP contribution in [0.4, 0.5) is 5.69 Å². The zero-order valence-corrected chi connectivity index (χ0v) is 11.3. The topological polar surface area (TPSA) is 36.4 Å². The Hall–Kier alpha value is -1.87. The van der Waals surface area contributed by atoms with Crippen molar-refractivity contribution in [3.8, 4) is 0 Å². The Morgan fingerprint density at radius 3 is 2.84 bits per heavy atom. The molecule has 98 valence electrons. The average molecular weight is 254 g/mol. The quantitative estimate of drug-likeness (QED) is 0.894. The zero-order valence-electron chi connectivity index (χ0n) is 11.3. The fourth-order valence-corrected chi connectivity index (χ4v) is 2.68. The van der Waals surface area contributed by atoms with Gasteiger partial charge in [-0.15, -0.1) is 0 Å². The molecule has 0 fully saturated rings. The molecule has 19 heavy (non-hydrogen) atoms. The molecule has 1 aliphatic heterocycles. The first kappa shape index (κ1) is 12.2. The second-order valence-electron chi connectivity index (χ2n) is 5.26. The number of hydrogen-bond donors (Lipinski definition) is 1. The SMILES string of the molecule is Cc1cncc(C(O)c2ccc3c(c2)CCN3C)c1. The van der Waals surface area contributed by atoms with Crippen molar-refractivity contribution in [3.63, 3.8) is 0 Å². The lowest BCUT2D eigenvalue weighted by Crippen LogP contribution is -2.12. The van der Waals surface area contributed by atoms with E-state index in [9.17, 15) is 5.11 Å². The van der Waals surface area contributed by atoms with Gasteiger partial charge in [0, 0.05) is 37.2 Å². The lowest BCUT2D eigenvalue weighted by Gasteiger charge is -2.15. The van der Waals surface area contributed by atoms with Gasteiger partial charge in [0.15, 0.2) is 0 Å². The molecule has 3 heteroatoms. The van der Waals surface area contributed by atoms with Crippen molar-refractivity contribution in [2.24, 2.45) is 0 Å². The Bertz CT molecular complexity index is 609. The fourth-order valence-electron chi connectivity index (χ4n) is 2.68. The molecule has 0 saturated carbocycles. The van der Waals surface area contributed by atoms with Crippen LogP contribution in [-0.2, 0) is 6.42 Å². The van der Waals surface area contributed by atoms with Crippen LogP contribution in [0.25, 0.3) is 0 Å². The molecular weight excluding hydrogens is 236 g/mol. The van der Waals surface area contributed by atoms with E-state index in [1.807, 2.05) is 19.1 Å². The molecule has 0 bridgehead atoms. The van der Waals surface area contributed by atoms with Crippen LogP contribution in [0.3, 0.4) is 0 Å². The molecule has 0 aliphatic carbocycles. The molecular formula is C16H18N2O. The van der Waals surface area contributed by atoms with Gasteiger partial charge in [-0.3, -0.25) is 4.98 Å². The van der Waals surface area contributed by atoms with E-state index < -0.39 is 6.10 Å². The summed E-state index contributed by atoms with van der Waals surface area (Å²) in [5, 5.41) is 10.5. The first-order chi connectivity index (χ1) is 9.15. The van der Waals surface area contributed by atoms with Gasteiger partial charge in [0.05, 0.1) is 0 Å². The molecule has 1 atom stereocenters. The molecule has 0 spiro atoms. The summed E-state index contributed by atoms with van der Waals surface area (Å²) in [4.78, 5) is 6.40. The zero-order chi connectivity index (χ0) is 13.4. The smallest absolute Gasteiger partial charge is 0.106 e. The number of nitrogens with zero attached hydrogens (tertiary/aromatic N) is 2. The van der Waals surface area contributed by atoms with E-state index in [2.05, 4.69) is 29.1 Å². The largest absolute Gasteiger partial charge is 0.384 e. The molecule has 3 rings (SSSR count). The van der Waals surface area contributed by atoms with E-state index in [-0.39, 0.29) is 0 Å². The first-order valence-electron chi connectivity index (χ1n) is 6.59. The number of rotatable bonds is 2. The Morgan fingerprint density at radius 1 is 1.21 bits per heavy atom. The van der Waals surface area contributed by atoms with Gasteiger partial charge < -0.3 is 10.0 Å². The number of hydrogen-bond acceptors (Lipinski definition) is 3. The van der Waals surface area contributed by atoms with Crippen LogP contribution < -0.4 is 4.90 Å². The predicted octanol–water partition coefficient (Wildman–Crippen LogP) is 2.46. The number of aliphatic hydroxyl groups is 1. The summed E-state index contributed by atoms with van der Waals surface area (Å²) in [6.07, 6.45) is 3.99. The summed E-state index contributed by atoms with van der Waals surface area (Å²) in [6, 6.07) is 8.21. The maximum absolute atomic E-state index is 10.5. The normalized spacial score (nSPS) is 15.4. The number of pyridine rings is 1. The van der Waals surface area contributed by atoms with Gasteiger partial charge in [-0.25, -0.2) is 0 Å². The molecule has 2 heterocycles. The molecule has 0 radical (unpaired) electrons. The van der Waals surface area contributed by atoms with E-state index >= 15 is 0 Å². The van der Waals surface area contributed by atoms with Crippen LogP contribution in [0.5, 0.6) is 0 Å². The summed E-state index contributed by atoms with van der Waals surface area (Å²) < 4.78 is 0. The summed E-state index contributed by atoms with van der Waals surface area (Å²) in [6.45, 7) is 3.04. The minimum atomic E-state index is -0.594. The Balaban J connectivity index is 1.94. The molecule has 1 aromatic carbocycles. The highest BCUT2D eigenvalue weighted by Gasteiger charge is 2.18. The van der Waals surface area contributed by atoms with Crippen molar-refractivity contribution in [1.29, 1.82) is 0 Å². The number of likely N-dealkylation sites (N-methyl/N-ethyl adjacent to an activating group) is 1. The third-order valence-corrected chi connectivity index (χ3v) is 3.76. The molecule has 1 aromatic heterocycles. The lowest BCUT2D eigenvalue weighted by molar-refractivity contribution is 0.219. The highest BCUT2D eigenvalue weighted by atomic mass is 16.3. The van der Waals surface area contributed by atoms with Gasteiger partial charge in [-0.1, -0.05) is 18.2 Å². The maximum atomic E-state index is 10.5. The molecule has 0 amide bonds. The van der Waals surface area contributed by atoms with Crippen molar-refractivity contribution in [2.75, 3.05) is 18.5 Å². The van der Waals surface area contributed by atoms with Crippen molar-refractivity contribution in [3.05, 3.63) is 58.9 Å². The van der Waals surface area contributed by atoms with Crippen molar-refractivity contribution in [1.82, 2.24) is 4.98 Å². The molecule has 2 aromatic rings. The summed E-state index contributed by atoms with van der Waals surface area (Å²) in [5.41, 5.74) is 5.46. The van der Waals surface area contributed by atoms with E-state index in [0.29, 0.717) is 0 Å². The Labute approximate surface area is 113 Å². The maximum Gasteiger partial charge on any atom is 0.106 e. The predicted molar refractivity (Wildman–Crippen MR) is 76.5 cm³/mol. The first-order valence-corrected chi connectivity index (χ1v) is 6.59. The van der Waals surface area contributed by atoms with Crippen LogP contribution in [-0.4, -0.2) is 23.7 Å². The van der Waals surface area contributed by atoms with E-state index in [1.165, 1.54) is 11.3 Å². The van der Waals surface area contributed by atoms with Crippen LogP contribution in [0, 0.1) is 6.92 Å². The minimum Gasteiger partial charge on any atom is -0.384 e. The monoisotopic (exact) mass is 254 g/mol. The molecule has 1 aliphatic rings. The van der Waals surface area contributed by atoms with E-state index in [1.54, 1.807) is 12.4 Å². The standard InChI is InChI=1S/C16H18N2O/c1-11-7-14(10-17-9-11)16(19)13-3-4-15-12(8-13)5-6-18(15)2/h3-4,7-10,16,19H,5-6H2,1-2H3. The fraction of sp³-hybridized carbons (Fsp3) is 0.312. The third kappa shape index (κ3) is 2.22. The minimum absolute atomic E-state index is 0.594. The second kappa shape index (κ2) is 4.67. The van der Waals surface area contributed by atoms with Crippen LogP contribution >= 0.6 is 0 Å². The van der Waals surface area contributed by atoms with Crippen LogP contribution in [0.2, 0.25) is 0 Å².